The number of urea groups is 1. The number of benzene rings is 3. The van der Waals surface area contributed by atoms with Crippen molar-refractivity contribution in [2.75, 3.05) is 44.2 Å². The van der Waals surface area contributed by atoms with Gasteiger partial charge in [0, 0.05) is 37.3 Å². The Bertz CT molecular complexity index is 1510. The molecule has 3 N–H and O–H groups in total. The summed E-state index contributed by atoms with van der Waals surface area (Å²) in [6.45, 7) is 5.23. The minimum atomic E-state index is -0.521. The van der Waals surface area contributed by atoms with Gasteiger partial charge in [-0.25, -0.2) is 4.79 Å². The molecule has 12 heteroatoms. The smallest absolute Gasteiger partial charge is 0.323 e. The summed E-state index contributed by atoms with van der Waals surface area (Å²) in [4.78, 5) is 30.6. The fourth-order valence-electron chi connectivity index (χ4n) is 5.14. The van der Waals surface area contributed by atoms with E-state index in [0.717, 1.165) is 5.56 Å². The van der Waals surface area contributed by atoms with Gasteiger partial charge in [-0.15, -0.1) is 0 Å². The van der Waals surface area contributed by atoms with E-state index < -0.39 is 12.1 Å². The molecular formula is C31H34Cl2N4O6. The van der Waals surface area contributed by atoms with E-state index in [1.165, 1.54) is 0 Å². The van der Waals surface area contributed by atoms with Gasteiger partial charge in [0.25, 0.3) is 5.91 Å². The van der Waals surface area contributed by atoms with E-state index in [2.05, 4.69) is 15.5 Å². The number of nitrogens with zero attached hydrogens (tertiary/aromatic N) is 2. The second kappa shape index (κ2) is 13.3. The average Bonchev–Trinajstić information content (AvgIpc) is 3.45. The van der Waals surface area contributed by atoms with Crippen LogP contribution in [0.2, 0.25) is 10.0 Å². The number of aliphatic hydroxyl groups is 1. The Hall–Kier alpha value is -3.70. The number of fused-ring (bicyclic) bond motifs is 2. The predicted molar refractivity (Wildman–Crippen MR) is 166 cm³/mol. The monoisotopic (exact) mass is 628 g/mol. The summed E-state index contributed by atoms with van der Waals surface area (Å²) in [5.74, 6) is 1.01. The van der Waals surface area contributed by atoms with Gasteiger partial charge in [0.1, 0.15) is 6.10 Å². The van der Waals surface area contributed by atoms with Gasteiger partial charge in [0.05, 0.1) is 33.9 Å². The van der Waals surface area contributed by atoms with Crippen molar-refractivity contribution in [2.45, 2.75) is 32.5 Å². The molecule has 2 aliphatic heterocycles. The molecule has 3 aromatic carbocycles. The molecular weight excluding hydrogens is 595 g/mol. The molecule has 0 fully saturated rings. The second-order valence-electron chi connectivity index (χ2n) is 10.9. The lowest BCUT2D eigenvalue weighted by molar-refractivity contribution is 0.0343. The van der Waals surface area contributed by atoms with Crippen LogP contribution in [0.3, 0.4) is 0 Å². The number of halogens is 2. The molecule has 43 heavy (non-hydrogen) atoms. The van der Waals surface area contributed by atoms with Crippen LogP contribution in [0.5, 0.6) is 17.2 Å². The number of aliphatic hydroxyl groups excluding tert-OH is 1. The predicted octanol–water partition coefficient (Wildman–Crippen LogP) is 5.72. The summed E-state index contributed by atoms with van der Waals surface area (Å²) < 4.78 is 17.3. The summed E-state index contributed by atoms with van der Waals surface area (Å²) in [5.41, 5.74) is 2.14. The molecule has 5 rings (SSSR count). The summed E-state index contributed by atoms with van der Waals surface area (Å²) in [6, 6.07) is 14.7. The molecule has 3 aromatic rings. The highest BCUT2D eigenvalue weighted by Crippen LogP contribution is 2.36. The maximum Gasteiger partial charge on any atom is 0.323 e. The second-order valence-corrected chi connectivity index (χ2v) is 11.7. The number of carbonyl (C=O) groups excluding carboxylic acids is 2. The molecule has 0 bridgehead atoms. The summed E-state index contributed by atoms with van der Waals surface area (Å²) in [6.07, 6.45) is -0.368. The van der Waals surface area contributed by atoms with Crippen molar-refractivity contribution < 1.29 is 28.9 Å². The van der Waals surface area contributed by atoms with Gasteiger partial charge in [0.2, 0.25) is 6.79 Å². The molecule has 2 aliphatic rings. The number of hydrogen-bond donors (Lipinski definition) is 3. The van der Waals surface area contributed by atoms with Crippen LogP contribution in [0.1, 0.15) is 29.8 Å². The Morgan fingerprint density at radius 1 is 1.09 bits per heavy atom. The van der Waals surface area contributed by atoms with Gasteiger partial charge in [-0.1, -0.05) is 42.3 Å². The minimum absolute atomic E-state index is 0.113. The molecule has 3 amide bonds. The highest BCUT2D eigenvalue weighted by molar-refractivity contribution is 6.42. The summed E-state index contributed by atoms with van der Waals surface area (Å²) in [7, 11) is 1.97. The molecule has 0 unspecified atom stereocenters. The van der Waals surface area contributed by atoms with Crippen LogP contribution in [-0.4, -0.2) is 72.5 Å². The Labute approximate surface area is 260 Å². The van der Waals surface area contributed by atoms with E-state index in [1.807, 2.05) is 26.1 Å². The molecule has 0 radical (unpaired) electrons. The van der Waals surface area contributed by atoms with E-state index in [4.69, 9.17) is 37.4 Å². The van der Waals surface area contributed by atoms with Crippen LogP contribution < -0.4 is 24.8 Å². The maximum atomic E-state index is 13.7. The highest BCUT2D eigenvalue weighted by atomic mass is 35.5. The molecule has 2 heterocycles. The van der Waals surface area contributed by atoms with Crippen molar-refractivity contribution >= 4 is 46.5 Å². The molecule has 3 atom stereocenters. The van der Waals surface area contributed by atoms with Crippen molar-refractivity contribution in [1.29, 1.82) is 0 Å². The Morgan fingerprint density at radius 2 is 1.88 bits per heavy atom. The van der Waals surface area contributed by atoms with Gasteiger partial charge < -0.3 is 34.9 Å². The van der Waals surface area contributed by atoms with Crippen molar-refractivity contribution in [2.24, 2.45) is 5.92 Å². The average molecular weight is 630 g/mol. The number of hydrogen-bond acceptors (Lipinski definition) is 7. The first-order valence-corrected chi connectivity index (χ1v) is 14.7. The van der Waals surface area contributed by atoms with Crippen LogP contribution in [0.15, 0.2) is 54.6 Å². The van der Waals surface area contributed by atoms with Crippen LogP contribution in [0, 0.1) is 5.92 Å². The standard InChI is InChI=1S/C31H34Cl2N4O6/c1-18-13-37(19(2)16-38)30(39)22-5-4-6-25(35-31(40)34-21-8-10-26-27(12-21)42-17-41-26)29(22)43-28(18)15-36(3)14-20-7-9-23(32)24(33)11-20/h4-12,18-19,28,38H,13-17H2,1-3H3,(H2,34,35,40)/t18-,19+,28+/m0/s1. The molecule has 0 aliphatic carbocycles. The van der Waals surface area contributed by atoms with Gasteiger partial charge in [0.15, 0.2) is 17.2 Å². The first-order valence-electron chi connectivity index (χ1n) is 13.9. The van der Waals surface area contributed by atoms with Crippen molar-refractivity contribution in [1.82, 2.24) is 9.80 Å². The zero-order chi connectivity index (χ0) is 30.7. The third kappa shape index (κ3) is 7.10. The number of para-hydroxylation sites is 1. The van der Waals surface area contributed by atoms with Crippen molar-refractivity contribution in [3.63, 3.8) is 0 Å². The first-order chi connectivity index (χ1) is 20.6. The minimum Gasteiger partial charge on any atom is -0.486 e. The number of likely N-dealkylation sites (N-methyl/N-ethyl adjacent to an activating group) is 1. The lowest BCUT2D eigenvalue weighted by Crippen LogP contribution is -2.49. The van der Waals surface area contributed by atoms with E-state index in [0.29, 0.717) is 58.1 Å². The zero-order valence-electron chi connectivity index (χ0n) is 24.1. The molecule has 10 nitrogen and oxygen atoms in total. The number of carbonyl (C=O) groups is 2. The zero-order valence-corrected chi connectivity index (χ0v) is 25.6. The van der Waals surface area contributed by atoms with E-state index in [-0.39, 0.29) is 37.1 Å². The molecule has 228 valence electrons. The Morgan fingerprint density at radius 3 is 2.65 bits per heavy atom. The van der Waals surface area contributed by atoms with E-state index in [9.17, 15) is 14.7 Å². The van der Waals surface area contributed by atoms with Crippen LogP contribution in [-0.2, 0) is 6.54 Å². The quantitative estimate of drug-likeness (QED) is 0.292. The third-order valence-corrected chi connectivity index (χ3v) is 8.24. The number of rotatable bonds is 8. The molecule has 0 saturated heterocycles. The number of amides is 3. The number of anilines is 2. The summed E-state index contributed by atoms with van der Waals surface area (Å²) in [5, 5.41) is 16.6. The highest BCUT2D eigenvalue weighted by Gasteiger charge is 2.34. The van der Waals surface area contributed by atoms with E-state index in [1.54, 1.807) is 54.3 Å². The van der Waals surface area contributed by atoms with Crippen LogP contribution in [0.4, 0.5) is 16.2 Å². The Balaban J connectivity index is 1.40. The van der Waals surface area contributed by atoms with Gasteiger partial charge in [-0.2, -0.15) is 0 Å². The summed E-state index contributed by atoms with van der Waals surface area (Å²) >= 11 is 12.3. The molecule has 0 saturated carbocycles. The molecule has 0 aromatic heterocycles. The van der Waals surface area contributed by atoms with Gasteiger partial charge in [-0.05, 0) is 55.9 Å². The fraction of sp³-hybridized carbons (Fsp3) is 0.355. The first kappa shape index (κ1) is 30.7. The van der Waals surface area contributed by atoms with Crippen molar-refractivity contribution in [3.8, 4) is 17.2 Å². The maximum absolute atomic E-state index is 13.7. The van der Waals surface area contributed by atoms with E-state index >= 15 is 0 Å². The van der Waals surface area contributed by atoms with Gasteiger partial charge in [-0.3, -0.25) is 9.69 Å². The fourth-order valence-corrected chi connectivity index (χ4v) is 5.46. The van der Waals surface area contributed by atoms with Crippen LogP contribution in [0.25, 0.3) is 0 Å². The topological polar surface area (TPSA) is 113 Å². The lowest BCUT2D eigenvalue weighted by atomic mass is 9.99. The largest absolute Gasteiger partial charge is 0.486 e. The SMILES string of the molecule is C[C@H](CO)N1C[C@H](C)[C@@H](CN(C)Cc2ccc(Cl)c(Cl)c2)Oc2c(NC(=O)Nc3ccc4c(c3)OCO4)cccc2C1=O. The third-order valence-electron chi connectivity index (χ3n) is 7.50. The van der Waals surface area contributed by atoms with Crippen LogP contribution >= 0.6 is 23.2 Å². The molecule has 0 spiro atoms. The van der Waals surface area contributed by atoms with Gasteiger partial charge >= 0.3 is 6.03 Å². The Kier molecular flexibility index (Phi) is 9.51. The lowest BCUT2D eigenvalue weighted by Gasteiger charge is -2.38. The normalized spacial score (nSPS) is 18.4. The number of nitrogens with one attached hydrogen (secondary N) is 2. The van der Waals surface area contributed by atoms with Crippen molar-refractivity contribution in [3.05, 3.63) is 75.8 Å². The number of ether oxygens (including phenoxy) is 3.